The molecule has 0 amide bonds. The number of benzene rings is 2. The van der Waals surface area contributed by atoms with Gasteiger partial charge in [0.05, 0.1) is 3.57 Å². The van der Waals surface area contributed by atoms with Gasteiger partial charge in [-0.3, -0.25) is 0 Å². The lowest BCUT2D eigenvalue weighted by atomic mass is 10.2. The molecule has 0 N–H and O–H groups in total. The molecular formula is C13H9F2IO. The maximum atomic E-state index is 13.6. The Hall–Kier alpha value is -1.17. The molecule has 17 heavy (non-hydrogen) atoms. The Balaban J connectivity index is 2.17. The predicted molar refractivity (Wildman–Crippen MR) is 69.8 cm³/mol. The molecule has 0 aromatic heterocycles. The van der Waals surface area contributed by atoms with Crippen molar-refractivity contribution in [2.45, 2.75) is 6.61 Å². The minimum atomic E-state index is -0.682. The highest BCUT2D eigenvalue weighted by molar-refractivity contribution is 14.1. The molecule has 0 unspecified atom stereocenters. The number of hydrogen-bond acceptors (Lipinski definition) is 1. The Morgan fingerprint density at radius 3 is 2.41 bits per heavy atom. The number of hydrogen-bond donors (Lipinski definition) is 0. The molecule has 0 radical (unpaired) electrons. The minimum Gasteiger partial charge on any atom is -0.483 e. The zero-order chi connectivity index (χ0) is 12.3. The molecular weight excluding hydrogens is 337 g/mol. The molecule has 1 nitrogen and oxygen atoms in total. The molecule has 0 spiro atoms. The van der Waals surface area contributed by atoms with Gasteiger partial charge in [-0.25, -0.2) is 8.78 Å². The van der Waals surface area contributed by atoms with Gasteiger partial charge in [-0.15, -0.1) is 0 Å². The van der Waals surface area contributed by atoms with Crippen molar-refractivity contribution in [2.24, 2.45) is 0 Å². The quantitative estimate of drug-likeness (QED) is 0.599. The van der Waals surface area contributed by atoms with Crippen molar-refractivity contribution in [2.75, 3.05) is 0 Å². The number of ether oxygens (including phenoxy) is 1. The summed E-state index contributed by atoms with van der Waals surface area (Å²) in [5, 5.41) is 0. The highest BCUT2D eigenvalue weighted by Crippen LogP contribution is 2.26. The molecule has 0 aliphatic rings. The van der Waals surface area contributed by atoms with Gasteiger partial charge in [0.25, 0.3) is 0 Å². The number of rotatable bonds is 3. The molecule has 2 aromatic rings. The summed E-state index contributed by atoms with van der Waals surface area (Å²) in [4.78, 5) is 0. The SMILES string of the molecule is Fc1ccc(I)c(F)c1OCc1ccccc1. The number of halogens is 3. The maximum absolute atomic E-state index is 13.6. The topological polar surface area (TPSA) is 9.23 Å². The Kier molecular flexibility index (Phi) is 3.93. The van der Waals surface area contributed by atoms with Crippen LogP contribution in [0.4, 0.5) is 8.78 Å². The van der Waals surface area contributed by atoms with Crippen LogP contribution >= 0.6 is 22.6 Å². The molecule has 2 rings (SSSR count). The van der Waals surface area contributed by atoms with Crippen molar-refractivity contribution in [3.63, 3.8) is 0 Å². The fourth-order valence-corrected chi connectivity index (χ4v) is 1.80. The van der Waals surface area contributed by atoms with E-state index in [4.69, 9.17) is 4.74 Å². The van der Waals surface area contributed by atoms with Crippen LogP contribution in [-0.2, 0) is 6.61 Å². The van der Waals surface area contributed by atoms with E-state index in [2.05, 4.69) is 0 Å². The maximum Gasteiger partial charge on any atom is 0.192 e. The Morgan fingerprint density at radius 1 is 1.00 bits per heavy atom. The predicted octanol–water partition coefficient (Wildman–Crippen LogP) is 4.15. The fraction of sp³-hybridized carbons (Fsp3) is 0.0769. The van der Waals surface area contributed by atoms with E-state index in [-0.39, 0.29) is 12.4 Å². The first-order chi connectivity index (χ1) is 8.18. The van der Waals surface area contributed by atoms with Gasteiger partial charge in [0.15, 0.2) is 17.4 Å². The van der Waals surface area contributed by atoms with Crippen LogP contribution in [0.2, 0.25) is 0 Å². The van der Waals surface area contributed by atoms with Gasteiger partial charge in [0.2, 0.25) is 0 Å². The normalized spacial score (nSPS) is 10.3. The van der Waals surface area contributed by atoms with E-state index in [1.165, 1.54) is 12.1 Å². The average Bonchev–Trinajstić information content (AvgIpc) is 2.35. The van der Waals surface area contributed by atoms with Gasteiger partial charge in [0.1, 0.15) is 6.61 Å². The Labute approximate surface area is 112 Å². The van der Waals surface area contributed by atoms with Crippen LogP contribution in [0, 0.1) is 15.2 Å². The summed E-state index contributed by atoms with van der Waals surface area (Å²) in [6.07, 6.45) is 0. The monoisotopic (exact) mass is 346 g/mol. The van der Waals surface area contributed by atoms with Gasteiger partial charge < -0.3 is 4.74 Å². The second-order valence-electron chi connectivity index (χ2n) is 3.45. The van der Waals surface area contributed by atoms with Crippen molar-refractivity contribution in [3.8, 4) is 5.75 Å². The van der Waals surface area contributed by atoms with Crippen LogP contribution in [0.3, 0.4) is 0 Å². The summed E-state index contributed by atoms with van der Waals surface area (Å²) in [6, 6.07) is 11.8. The van der Waals surface area contributed by atoms with Crippen LogP contribution in [0.1, 0.15) is 5.56 Å². The van der Waals surface area contributed by atoms with Gasteiger partial charge >= 0.3 is 0 Å². The van der Waals surface area contributed by atoms with Crippen molar-refractivity contribution in [1.29, 1.82) is 0 Å². The van der Waals surface area contributed by atoms with E-state index in [0.717, 1.165) is 5.56 Å². The molecule has 0 fully saturated rings. The Morgan fingerprint density at radius 2 is 1.71 bits per heavy atom. The lowest BCUT2D eigenvalue weighted by Crippen LogP contribution is -2.01. The van der Waals surface area contributed by atoms with E-state index in [1.807, 2.05) is 30.3 Å². The third-order valence-corrected chi connectivity index (χ3v) is 3.06. The molecule has 0 atom stereocenters. The van der Waals surface area contributed by atoms with Crippen LogP contribution in [0.25, 0.3) is 0 Å². The molecule has 88 valence electrons. The van der Waals surface area contributed by atoms with E-state index in [1.54, 1.807) is 22.6 Å². The smallest absolute Gasteiger partial charge is 0.192 e. The van der Waals surface area contributed by atoms with Crippen molar-refractivity contribution < 1.29 is 13.5 Å². The molecule has 0 aliphatic heterocycles. The zero-order valence-electron chi connectivity index (χ0n) is 8.79. The van der Waals surface area contributed by atoms with Crippen LogP contribution < -0.4 is 4.74 Å². The van der Waals surface area contributed by atoms with E-state index >= 15 is 0 Å². The Bertz CT molecular complexity index is 514. The highest BCUT2D eigenvalue weighted by atomic mass is 127. The highest BCUT2D eigenvalue weighted by Gasteiger charge is 2.13. The first-order valence-electron chi connectivity index (χ1n) is 4.98. The molecule has 0 aliphatic carbocycles. The van der Waals surface area contributed by atoms with Crippen molar-refractivity contribution >= 4 is 22.6 Å². The molecule has 0 bridgehead atoms. The summed E-state index contributed by atoms with van der Waals surface area (Å²) in [7, 11) is 0. The summed E-state index contributed by atoms with van der Waals surface area (Å²) in [5.74, 6) is -1.65. The molecule has 0 saturated carbocycles. The van der Waals surface area contributed by atoms with Crippen molar-refractivity contribution in [3.05, 3.63) is 63.2 Å². The zero-order valence-corrected chi connectivity index (χ0v) is 10.9. The summed E-state index contributed by atoms with van der Waals surface area (Å²) in [6.45, 7) is 0.148. The second-order valence-corrected chi connectivity index (χ2v) is 4.61. The standard InChI is InChI=1S/C13H9F2IO/c14-10-6-7-11(16)12(15)13(10)17-8-9-4-2-1-3-5-9/h1-7H,8H2. The van der Waals surface area contributed by atoms with E-state index in [0.29, 0.717) is 3.57 Å². The fourth-order valence-electron chi connectivity index (χ4n) is 1.37. The van der Waals surface area contributed by atoms with Gasteiger partial charge in [-0.2, -0.15) is 0 Å². The van der Waals surface area contributed by atoms with Crippen molar-refractivity contribution in [1.82, 2.24) is 0 Å². The summed E-state index contributed by atoms with van der Waals surface area (Å²) < 4.78 is 32.5. The molecule has 0 saturated heterocycles. The van der Waals surface area contributed by atoms with Gasteiger partial charge in [-0.05, 0) is 40.3 Å². The van der Waals surface area contributed by atoms with Gasteiger partial charge in [0, 0.05) is 0 Å². The molecule has 4 heteroatoms. The molecule has 0 heterocycles. The summed E-state index contributed by atoms with van der Waals surface area (Å²) >= 11 is 1.80. The van der Waals surface area contributed by atoms with Crippen LogP contribution in [0.5, 0.6) is 5.75 Å². The molecule has 2 aromatic carbocycles. The van der Waals surface area contributed by atoms with E-state index < -0.39 is 11.6 Å². The average molecular weight is 346 g/mol. The van der Waals surface area contributed by atoms with Gasteiger partial charge in [-0.1, -0.05) is 30.3 Å². The van der Waals surface area contributed by atoms with Crippen LogP contribution in [0.15, 0.2) is 42.5 Å². The second kappa shape index (κ2) is 5.44. The first kappa shape index (κ1) is 12.3. The lowest BCUT2D eigenvalue weighted by Gasteiger charge is -2.09. The third-order valence-electron chi connectivity index (χ3n) is 2.23. The lowest BCUT2D eigenvalue weighted by molar-refractivity contribution is 0.273. The summed E-state index contributed by atoms with van der Waals surface area (Å²) in [5.41, 5.74) is 0.866. The van der Waals surface area contributed by atoms with E-state index in [9.17, 15) is 8.78 Å². The largest absolute Gasteiger partial charge is 0.483 e. The van der Waals surface area contributed by atoms with Crippen LogP contribution in [-0.4, -0.2) is 0 Å². The minimum absolute atomic E-state index is 0.148. The first-order valence-corrected chi connectivity index (χ1v) is 6.06. The third kappa shape index (κ3) is 2.94.